The second kappa shape index (κ2) is 9.90. The van der Waals surface area contributed by atoms with Crippen molar-refractivity contribution in [2.24, 2.45) is 5.92 Å². The topological polar surface area (TPSA) is 116 Å². The minimum Gasteiger partial charge on any atom is -0.456 e. The van der Waals surface area contributed by atoms with Crippen molar-refractivity contribution >= 4 is 40.2 Å². The molecular weight excluding hydrogens is 462 g/mol. The van der Waals surface area contributed by atoms with Crippen LogP contribution in [0.1, 0.15) is 36.6 Å². The van der Waals surface area contributed by atoms with Gasteiger partial charge < -0.3 is 10.1 Å². The Bertz CT molecular complexity index is 1210. The number of alkyl halides is 2. The van der Waals surface area contributed by atoms with Crippen molar-refractivity contribution in [3.63, 3.8) is 0 Å². The van der Waals surface area contributed by atoms with Crippen LogP contribution < -0.4 is 5.32 Å². The molecule has 12 heteroatoms. The van der Waals surface area contributed by atoms with Crippen molar-refractivity contribution in [1.82, 2.24) is 14.9 Å². The molecule has 0 spiro atoms. The molecular formula is C21H19ClF2N4O5. The normalized spacial score (nSPS) is 12.2. The summed E-state index contributed by atoms with van der Waals surface area (Å²) in [5.41, 5.74) is -0.0265. The molecule has 0 aliphatic rings. The van der Waals surface area contributed by atoms with E-state index in [4.69, 9.17) is 16.3 Å². The molecule has 1 heterocycles. The first-order valence-corrected chi connectivity index (χ1v) is 10.1. The molecule has 1 atom stereocenters. The van der Waals surface area contributed by atoms with Gasteiger partial charge in [-0.15, -0.1) is 0 Å². The van der Waals surface area contributed by atoms with Gasteiger partial charge in [-0.25, -0.2) is 9.78 Å². The van der Waals surface area contributed by atoms with Gasteiger partial charge in [-0.3, -0.25) is 19.5 Å². The predicted molar refractivity (Wildman–Crippen MR) is 115 cm³/mol. The highest BCUT2D eigenvalue weighted by Gasteiger charge is 2.28. The van der Waals surface area contributed by atoms with Crippen LogP contribution in [0.5, 0.6) is 0 Å². The van der Waals surface area contributed by atoms with Crippen LogP contribution in [0.3, 0.4) is 0 Å². The molecule has 0 radical (unpaired) electrons. The standard InChI is InChI=1S/C21H19ClF2N4O5/c1-11(2)18(26-19(29)12-7-8-13(22)16(9-12)28(31)32)20(30)33-10-17-25-14-5-3-4-6-15(14)27(17)21(23)24/h3-9,11,18,21H,10H2,1-2H3,(H,26,29)/t18-/m0/s1. The van der Waals surface area contributed by atoms with Crippen molar-refractivity contribution < 1.29 is 28.0 Å². The number of halogens is 3. The third-order valence-corrected chi connectivity index (χ3v) is 5.14. The van der Waals surface area contributed by atoms with Crippen LogP contribution in [-0.2, 0) is 16.1 Å². The maximum Gasteiger partial charge on any atom is 0.329 e. The van der Waals surface area contributed by atoms with Crippen molar-refractivity contribution in [2.45, 2.75) is 33.0 Å². The van der Waals surface area contributed by atoms with E-state index in [1.54, 1.807) is 32.0 Å². The minimum atomic E-state index is -2.90. The Morgan fingerprint density at radius 1 is 1.24 bits per heavy atom. The maximum absolute atomic E-state index is 13.5. The Kier molecular flexibility index (Phi) is 7.22. The smallest absolute Gasteiger partial charge is 0.329 e. The number of benzene rings is 2. The van der Waals surface area contributed by atoms with Gasteiger partial charge >= 0.3 is 12.5 Å². The van der Waals surface area contributed by atoms with E-state index in [2.05, 4.69) is 10.3 Å². The molecule has 33 heavy (non-hydrogen) atoms. The molecule has 9 nitrogen and oxygen atoms in total. The van der Waals surface area contributed by atoms with Gasteiger partial charge in [0.1, 0.15) is 17.7 Å². The molecule has 2 aromatic carbocycles. The van der Waals surface area contributed by atoms with Gasteiger partial charge in [-0.2, -0.15) is 8.78 Å². The van der Waals surface area contributed by atoms with Crippen LogP contribution in [-0.4, -0.2) is 32.4 Å². The maximum atomic E-state index is 13.5. The average molecular weight is 481 g/mol. The first-order chi connectivity index (χ1) is 15.6. The fraction of sp³-hybridized carbons (Fsp3) is 0.286. The van der Waals surface area contributed by atoms with Crippen molar-refractivity contribution in [1.29, 1.82) is 0 Å². The second-order valence-electron chi connectivity index (χ2n) is 7.39. The average Bonchev–Trinajstić information content (AvgIpc) is 3.14. The van der Waals surface area contributed by atoms with Crippen LogP contribution in [0.25, 0.3) is 11.0 Å². The number of nitro groups is 1. The third kappa shape index (κ3) is 5.25. The van der Waals surface area contributed by atoms with Gasteiger partial charge in [0, 0.05) is 11.6 Å². The monoisotopic (exact) mass is 480 g/mol. The summed E-state index contributed by atoms with van der Waals surface area (Å²) in [5, 5.41) is 13.4. The van der Waals surface area contributed by atoms with Crippen LogP contribution in [0.15, 0.2) is 42.5 Å². The SMILES string of the molecule is CC(C)[C@H](NC(=O)c1ccc(Cl)c([N+](=O)[O-])c1)C(=O)OCc1nc2ccccc2n1C(F)F. The molecule has 0 bridgehead atoms. The lowest BCUT2D eigenvalue weighted by Crippen LogP contribution is -2.45. The molecule has 0 fully saturated rings. The van der Waals surface area contributed by atoms with E-state index in [1.807, 2.05) is 0 Å². The highest BCUT2D eigenvalue weighted by molar-refractivity contribution is 6.32. The lowest BCUT2D eigenvalue weighted by molar-refractivity contribution is -0.384. The lowest BCUT2D eigenvalue weighted by Gasteiger charge is -2.21. The second-order valence-corrected chi connectivity index (χ2v) is 7.80. The number of hydrogen-bond acceptors (Lipinski definition) is 6. The van der Waals surface area contributed by atoms with Gasteiger partial charge in [0.25, 0.3) is 11.6 Å². The summed E-state index contributed by atoms with van der Waals surface area (Å²) < 4.78 is 33.0. The van der Waals surface area contributed by atoms with Crippen molar-refractivity contribution in [2.75, 3.05) is 0 Å². The zero-order valence-electron chi connectivity index (χ0n) is 17.5. The first kappa shape index (κ1) is 24.1. The number of imidazole rings is 1. The van der Waals surface area contributed by atoms with Crippen LogP contribution in [0.4, 0.5) is 14.5 Å². The summed E-state index contributed by atoms with van der Waals surface area (Å²) in [6, 6.07) is 8.59. The summed E-state index contributed by atoms with van der Waals surface area (Å²) in [6.45, 7) is -0.147. The fourth-order valence-corrected chi connectivity index (χ4v) is 3.34. The van der Waals surface area contributed by atoms with Crippen LogP contribution in [0, 0.1) is 16.0 Å². The Morgan fingerprint density at radius 3 is 2.58 bits per heavy atom. The molecule has 0 saturated heterocycles. The summed E-state index contributed by atoms with van der Waals surface area (Å²) in [5.74, 6) is -2.21. The lowest BCUT2D eigenvalue weighted by atomic mass is 10.0. The highest BCUT2D eigenvalue weighted by atomic mass is 35.5. The van der Waals surface area contributed by atoms with E-state index in [1.165, 1.54) is 18.2 Å². The molecule has 3 aromatic rings. The van der Waals surface area contributed by atoms with Crippen molar-refractivity contribution in [3.8, 4) is 0 Å². The van der Waals surface area contributed by atoms with E-state index in [9.17, 15) is 28.5 Å². The number of amides is 1. The number of ether oxygens (including phenoxy) is 1. The molecule has 0 aliphatic heterocycles. The first-order valence-electron chi connectivity index (χ1n) is 9.75. The predicted octanol–water partition coefficient (Wildman–Crippen LogP) is 4.49. The van der Waals surface area contributed by atoms with E-state index in [0.717, 1.165) is 6.07 Å². The molecule has 0 unspecified atom stereocenters. The molecule has 0 saturated carbocycles. The molecule has 174 valence electrons. The molecule has 0 aliphatic carbocycles. The third-order valence-electron chi connectivity index (χ3n) is 4.82. The Hall–Kier alpha value is -3.60. The molecule has 1 N–H and O–H groups in total. The number of hydrogen-bond donors (Lipinski definition) is 1. The summed E-state index contributed by atoms with van der Waals surface area (Å²) in [6.07, 6.45) is 0. The number of aromatic nitrogens is 2. The van der Waals surface area contributed by atoms with Crippen molar-refractivity contribution in [3.05, 3.63) is 69.0 Å². The van der Waals surface area contributed by atoms with E-state index in [-0.39, 0.29) is 21.9 Å². The summed E-state index contributed by atoms with van der Waals surface area (Å²) in [4.78, 5) is 39.7. The number of carbonyl (C=O) groups excluding carboxylic acids is 2. The number of fused-ring (bicyclic) bond motifs is 1. The Labute approximate surface area is 191 Å². The molecule has 1 amide bonds. The van der Waals surface area contributed by atoms with Gasteiger partial charge in [-0.05, 0) is 30.2 Å². The van der Waals surface area contributed by atoms with Gasteiger partial charge in [0.15, 0.2) is 5.82 Å². The summed E-state index contributed by atoms with van der Waals surface area (Å²) >= 11 is 5.76. The van der Waals surface area contributed by atoms with Gasteiger partial charge in [-0.1, -0.05) is 37.6 Å². The largest absolute Gasteiger partial charge is 0.456 e. The number of esters is 1. The Balaban J connectivity index is 1.76. The number of carbonyl (C=O) groups is 2. The number of rotatable bonds is 8. The highest BCUT2D eigenvalue weighted by Crippen LogP contribution is 2.26. The molecule has 3 rings (SSSR count). The van der Waals surface area contributed by atoms with Crippen LogP contribution in [0.2, 0.25) is 5.02 Å². The van der Waals surface area contributed by atoms with E-state index in [0.29, 0.717) is 10.1 Å². The number of nitro benzene ring substituents is 1. The number of nitrogens with one attached hydrogen (secondary N) is 1. The summed E-state index contributed by atoms with van der Waals surface area (Å²) in [7, 11) is 0. The van der Waals surface area contributed by atoms with E-state index < -0.39 is 47.6 Å². The minimum absolute atomic E-state index is 0.0796. The van der Waals surface area contributed by atoms with Crippen LogP contribution >= 0.6 is 11.6 Å². The zero-order chi connectivity index (χ0) is 24.3. The molecule has 1 aromatic heterocycles. The number of nitrogens with zero attached hydrogens (tertiary/aromatic N) is 3. The fourth-order valence-electron chi connectivity index (χ4n) is 3.16. The van der Waals surface area contributed by atoms with E-state index >= 15 is 0 Å². The Morgan fingerprint density at radius 2 is 1.94 bits per heavy atom. The quantitative estimate of drug-likeness (QED) is 0.288. The zero-order valence-corrected chi connectivity index (χ0v) is 18.3. The number of para-hydroxylation sites is 2. The van der Waals surface area contributed by atoms with Gasteiger partial charge in [0.05, 0.1) is 16.0 Å². The van der Waals surface area contributed by atoms with Gasteiger partial charge in [0.2, 0.25) is 0 Å².